The number of fused-ring (bicyclic) bond motifs is 6. The summed E-state index contributed by atoms with van der Waals surface area (Å²) in [4.78, 5) is 7.60. The summed E-state index contributed by atoms with van der Waals surface area (Å²) in [6, 6.07) is 53.8. The zero-order chi connectivity index (χ0) is 28.8. The zero-order valence-corrected chi connectivity index (χ0v) is 23.3. The molecule has 4 heteroatoms. The highest BCUT2D eigenvalue weighted by Gasteiger charge is 2.20. The summed E-state index contributed by atoms with van der Waals surface area (Å²) in [6.07, 6.45) is 0. The van der Waals surface area contributed by atoms with Crippen LogP contribution in [0.25, 0.3) is 49.7 Å². The summed E-state index contributed by atoms with van der Waals surface area (Å²) in [6.45, 7) is 0. The smallest absolute Gasteiger partial charge is 0.145 e. The van der Waals surface area contributed by atoms with Crippen molar-refractivity contribution >= 4 is 49.6 Å². The maximum Gasteiger partial charge on any atom is 0.145 e. The average Bonchev–Trinajstić information content (AvgIpc) is 3.48. The first-order valence-corrected chi connectivity index (χ1v) is 14.4. The lowest BCUT2D eigenvalue weighted by Gasteiger charge is -2.25. The molecule has 0 bridgehead atoms. The Morgan fingerprint density at radius 2 is 0.953 bits per heavy atom. The summed E-state index contributed by atoms with van der Waals surface area (Å²) in [5.41, 5.74) is 7.19. The molecule has 0 amide bonds. The molecule has 0 unspecified atom stereocenters. The zero-order valence-electron chi connectivity index (χ0n) is 23.3. The number of anilines is 3. The van der Waals surface area contributed by atoms with Gasteiger partial charge in [0.15, 0.2) is 0 Å². The van der Waals surface area contributed by atoms with Crippen LogP contribution in [0.5, 0.6) is 5.75 Å². The van der Waals surface area contributed by atoms with Crippen molar-refractivity contribution in [2.45, 2.75) is 0 Å². The number of para-hydroxylation sites is 2. The van der Waals surface area contributed by atoms with Gasteiger partial charge in [-0.1, -0.05) is 84.9 Å². The van der Waals surface area contributed by atoms with Gasteiger partial charge in [0, 0.05) is 39.1 Å². The Hall–Kier alpha value is -5.87. The van der Waals surface area contributed by atoms with Gasteiger partial charge in [-0.05, 0) is 83.6 Å². The fourth-order valence-corrected chi connectivity index (χ4v) is 6.11. The van der Waals surface area contributed by atoms with Crippen molar-refractivity contribution < 1.29 is 5.11 Å². The number of imidazole rings is 1. The summed E-state index contributed by atoms with van der Waals surface area (Å²) in [7, 11) is 0. The SMILES string of the molecule is Oc1ccc(-n2c(-c3ccc(N(c4ccccc4)c4ccccc4)cc3)nc3c4ccccc4c4ccccc4c32)cc1. The second kappa shape index (κ2) is 10.2. The molecule has 4 nitrogen and oxygen atoms in total. The van der Waals surface area contributed by atoms with Crippen molar-refractivity contribution in [3.8, 4) is 22.8 Å². The van der Waals surface area contributed by atoms with Crippen LogP contribution < -0.4 is 4.90 Å². The molecule has 0 fully saturated rings. The lowest BCUT2D eigenvalue weighted by atomic mass is 10.00. The second-order valence-electron chi connectivity index (χ2n) is 10.6. The largest absolute Gasteiger partial charge is 0.508 e. The summed E-state index contributed by atoms with van der Waals surface area (Å²) in [5, 5.41) is 14.7. The highest BCUT2D eigenvalue weighted by molar-refractivity contribution is 6.24. The molecule has 8 aromatic rings. The third-order valence-corrected chi connectivity index (χ3v) is 8.05. The lowest BCUT2D eigenvalue weighted by molar-refractivity contribution is 0.475. The molecule has 1 aromatic heterocycles. The molecule has 0 saturated carbocycles. The van der Waals surface area contributed by atoms with Crippen LogP contribution in [0.3, 0.4) is 0 Å². The van der Waals surface area contributed by atoms with Crippen molar-refractivity contribution in [2.75, 3.05) is 4.90 Å². The van der Waals surface area contributed by atoms with E-state index in [1.54, 1.807) is 12.1 Å². The average molecular weight is 554 g/mol. The molecule has 0 aliphatic carbocycles. The molecule has 43 heavy (non-hydrogen) atoms. The molecule has 1 heterocycles. The van der Waals surface area contributed by atoms with Crippen LogP contribution in [-0.4, -0.2) is 14.7 Å². The van der Waals surface area contributed by atoms with E-state index in [1.807, 2.05) is 24.3 Å². The standard InChI is InChI=1S/C39H27N3O/c43-32-25-23-31(24-26-32)42-38-36-18-10-8-16-34(36)33-15-7-9-17-35(33)37(38)40-39(42)27-19-21-30(22-20-27)41(28-11-3-1-4-12-28)29-13-5-2-6-14-29/h1-26,43H. The van der Waals surface area contributed by atoms with E-state index in [-0.39, 0.29) is 5.75 Å². The van der Waals surface area contributed by atoms with Crippen LogP contribution in [0.15, 0.2) is 158 Å². The predicted octanol–water partition coefficient (Wildman–Crippen LogP) is 10.2. The van der Waals surface area contributed by atoms with E-state index >= 15 is 0 Å². The van der Waals surface area contributed by atoms with E-state index in [1.165, 1.54) is 10.8 Å². The first-order chi connectivity index (χ1) is 21.3. The van der Waals surface area contributed by atoms with Crippen LogP contribution >= 0.6 is 0 Å². The molecular weight excluding hydrogens is 526 g/mol. The Labute approximate surface area is 249 Å². The van der Waals surface area contributed by atoms with Crippen molar-refractivity contribution in [1.29, 1.82) is 0 Å². The third kappa shape index (κ3) is 4.20. The molecule has 1 N–H and O–H groups in total. The monoisotopic (exact) mass is 553 g/mol. The van der Waals surface area contributed by atoms with Crippen LogP contribution in [-0.2, 0) is 0 Å². The Morgan fingerprint density at radius 3 is 1.56 bits per heavy atom. The van der Waals surface area contributed by atoms with Gasteiger partial charge in [-0.3, -0.25) is 4.57 Å². The number of phenolic OH excluding ortho intramolecular Hbond substituents is 1. The maximum absolute atomic E-state index is 10.1. The molecule has 7 aromatic carbocycles. The van der Waals surface area contributed by atoms with Crippen LogP contribution in [0, 0.1) is 0 Å². The topological polar surface area (TPSA) is 41.3 Å². The number of nitrogens with zero attached hydrogens (tertiary/aromatic N) is 3. The normalized spacial score (nSPS) is 11.3. The molecule has 0 saturated heterocycles. The quantitative estimate of drug-likeness (QED) is 0.216. The molecule has 0 atom stereocenters. The van der Waals surface area contributed by atoms with Gasteiger partial charge in [0.1, 0.15) is 11.6 Å². The van der Waals surface area contributed by atoms with Crippen LogP contribution in [0.2, 0.25) is 0 Å². The second-order valence-corrected chi connectivity index (χ2v) is 10.6. The fourth-order valence-electron chi connectivity index (χ4n) is 6.11. The minimum atomic E-state index is 0.233. The Morgan fingerprint density at radius 1 is 0.465 bits per heavy atom. The van der Waals surface area contributed by atoms with Crippen molar-refractivity contribution in [2.24, 2.45) is 0 Å². The van der Waals surface area contributed by atoms with Gasteiger partial charge < -0.3 is 10.0 Å². The predicted molar refractivity (Wildman–Crippen MR) is 178 cm³/mol. The number of aromatic hydroxyl groups is 1. The van der Waals surface area contributed by atoms with Gasteiger partial charge in [-0.2, -0.15) is 0 Å². The number of rotatable bonds is 5. The van der Waals surface area contributed by atoms with Gasteiger partial charge in [0.25, 0.3) is 0 Å². The van der Waals surface area contributed by atoms with Gasteiger partial charge in [0.05, 0.1) is 11.0 Å². The van der Waals surface area contributed by atoms with E-state index in [4.69, 9.17) is 4.98 Å². The Kier molecular flexibility index (Phi) is 5.90. The van der Waals surface area contributed by atoms with Crippen LogP contribution in [0.1, 0.15) is 0 Å². The number of hydrogen-bond donors (Lipinski definition) is 1. The number of phenols is 1. The Bertz CT molecular complexity index is 2180. The van der Waals surface area contributed by atoms with E-state index in [0.29, 0.717) is 0 Å². The number of benzene rings is 7. The number of aromatic nitrogens is 2. The van der Waals surface area contributed by atoms with E-state index in [9.17, 15) is 5.11 Å². The summed E-state index contributed by atoms with van der Waals surface area (Å²) in [5.74, 6) is 1.08. The third-order valence-electron chi connectivity index (χ3n) is 8.05. The van der Waals surface area contributed by atoms with Crippen molar-refractivity contribution in [1.82, 2.24) is 9.55 Å². The molecule has 204 valence electrons. The molecular formula is C39H27N3O. The molecule has 0 radical (unpaired) electrons. The minimum absolute atomic E-state index is 0.233. The van der Waals surface area contributed by atoms with Crippen molar-refractivity contribution in [3.63, 3.8) is 0 Å². The summed E-state index contributed by atoms with van der Waals surface area (Å²) < 4.78 is 2.23. The number of hydrogen-bond acceptors (Lipinski definition) is 3. The van der Waals surface area contributed by atoms with E-state index in [0.717, 1.165) is 55.9 Å². The van der Waals surface area contributed by atoms with Gasteiger partial charge in [-0.15, -0.1) is 0 Å². The maximum atomic E-state index is 10.1. The fraction of sp³-hybridized carbons (Fsp3) is 0. The molecule has 0 aliphatic heterocycles. The first kappa shape index (κ1) is 24.9. The van der Waals surface area contributed by atoms with Crippen LogP contribution in [0.4, 0.5) is 17.1 Å². The summed E-state index contributed by atoms with van der Waals surface area (Å²) >= 11 is 0. The lowest BCUT2D eigenvalue weighted by Crippen LogP contribution is -2.09. The highest BCUT2D eigenvalue weighted by Crippen LogP contribution is 2.40. The van der Waals surface area contributed by atoms with Gasteiger partial charge in [-0.25, -0.2) is 4.98 Å². The highest BCUT2D eigenvalue weighted by atomic mass is 16.3. The molecule has 8 rings (SSSR count). The first-order valence-electron chi connectivity index (χ1n) is 14.4. The minimum Gasteiger partial charge on any atom is -0.508 e. The molecule has 0 spiro atoms. The Balaban J connectivity index is 1.37. The van der Waals surface area contributed by atoms with E-state index in [2.05, 4.69) is 131 Å². The van der Waals surface area contributed by atoms with Gasteiger partial charge >= 0.3 is 0 Å². The van der Waals surface area contributed by atoms with Gasteiger partial charge in [0.2, 0.25) is 0 Å². The molecule has 0 aliphatic rings. The van der Waals surface area contributed by atoms with Crippen molar-refractivity contribution in [3.05, 3.63) is 158 Å². The van der Waals surface area contributed by atoms with E-state index < -0.39 is 0 Å².